The first-order valence-electron chi connectivity index (χ1n) is 7.25. The van der Waals surface area contributed by atoms with E-state index in [1.54, 1.807) is 30.3 Å². The van der Waals surface area contributed by atoms with Crippen molar-refractivity contribution >= 4 is 39.1 Å². The number of nitrogens with one attached hydrogen (secondary N) is 1. The summed E-state index contributed by atoms with van der Waals surface area (Å²) in [4.78, 5) is 25.7. The molecule has 0 bridgehead atoms. The molecule has 0 unspecified atom stereocenters. The molecule has 0 atom stereocenters. The first-order chi connectivity index (χ1) is 11.4. The lowest BCUT2D eigenvalue weighted by atomic mass is 10.2. The van der Waals surface area contributed by atoms with Gasteiger partial charge in [0.2, 0.25) is 11.8 Å². The molecular weight excluding hydrogens is 370 g/mol. The maximum Gasteiger partial charge on any atom is 0.244 e. The van der Waals surface area contributed by atoms with Crippen LogP contribution in [-0.2, 0) is 9.59 Å². The van der Waals surface area contributed by atoms with Gasteiger partial charge in [0, 0.05) is 11.4 Å². The first kappa shape index (κ1) is 17.7. The number of nitriles is 1. The lowest BCUT2D eigenvalue weighted by Crippen LogP contribution is -2.37. The van der Waals surface area contributed by atoms with Gasteiger partial charge in [0.25, 0.3) is 0 Å². The zero-order valence-corrected chi connectivity index (χ0v) is 14.9. The summed E-state index contributed by atoms with van der Waals surface area (Å²) >= 11 is 3.43. The Kier molecular flexibility index (Phi) is 5.72. The van der Waals surface area contributed by atoms with Gasteiger partial charge in [0.05, 0.1) is 16.9 Å². The predicted molar refractivity (Wildman–Crippen MR) is 96.7 cm³/mol. The summed E-state index contributed by atoms with van der Waals surface area (Å²) in [7, 11) is 0. The normalized spacial score (nSPS) is 9.92. The minimum absolute atomic E-state index is 0.142. The summed E-state index contributed by atoms with van der Waals surface area (Å²) in [6.45, 7) is 3.21. The Bertz CT molecular complexity index is 827. The van der Waals surface area contributed by atoms with Gasteiger partial charge in [0.15, 0.2) is 0 Å². The lowest BCUT2D eigenvalue weighted by molar-refractivity contribution is -0.120. The van der Waals surface area contributed by atoms with Gasteiger partial charge in [-0.05, 0) is 52.7 Å². The van der Waals surface area contributed by atoms with E-state index in [1.807, 2.05) is 25.1 Å². The monoisotopic (exact) mass is 385 g/mol. The van der Waals surface area contributed by atoms with Crippen LogP contribution in [0.5, 0.6) is 0 Å². The summed E-state index contributed by atoms with van der Waals surface area (Å²) in [6, 6.07) is 14.3. The summed E-state index contributed by atoms with van der Waals surface area (Å²) in [5.41, 5.74) is 2.46. The number of carbonyl (C=O) groups is 2. The van der Waals surface area contributed by atoms with Crippen LogP contribution in [-0.4, -0.2) is 18.4 Å². The van der Waals surface area contributed by atoms with E-state index >= 15 is 0 Å². The molecule has 6 heteroatoms. The van der Waals surface area contributed by atoms with Crippen LogP contribution in [0.25, 0.3) is 0 Å². The number of rotatable bonds is 4. The molecule has 2 aromatic carbocycles. The van der Waals surface area contributed by atoms with Crippen LogP contribution in [0.1, 0.15) is 18.1 Å². The maximum atomic E-state index is 12.3. The second kappa shape index (κ2) is 7.75. The second-order valence-electron chi connectivity index (χ2n) is 5.27. The molecule has 0 aliphatic rings. The highest BCUT2D eigenvalue weighted by molar-refractivity contribution is 9.10. The largest absolute Gasteiger partial charge is 0.323 e. The number of para-hydroxylation sites is 1. The van der Waals surface area contributed by atoms with Crippen LogP contribution in [0.3, 0.4) is 0 Å². The topological polar surface area (TPSA) is 73.2 Å². The summed E-state index contributed by atoms with van der Waals surface area (Å²) in [5.74, 6) is -0.622. The van der Waals surface area contributed by atoms with E-state index in [2.05, 4.69) is 21.2 Å². The number of carbonyl (C=O) groups excluding carboxylic acids is 2. The van der Waals surface area contributed by atoms with Crippen LogP contribution in [0, 0.1) is 18.3 Å². The van der Waals surface area contributed by atoms with Crippen LogP contribution < -0.4 is 10.2 Å². The quantitative estimate of drug-likeness (QED) is 0.872. The van der Waals surface area contributed by atoms with Crippen LogP contribution in [0.2, 0.25) is 0 Å². The molecule has 0 radical (unpaired) electrons. The number of amides is 2. The van der Waals surface area contributed by atoms with Gasteiger partial charge in [0.1, 0.15) is 12.6 Å². The van der Waals surface area contributed by atoms with E-state index in [1.165, 1.54) is 11.8 Å². The number of anilines is 2. The molecule has 0 saturated carbocycles. The molecule has 0 aliphatic carbocycles. The van der Waals surface area contributed by atoms with Crippen molar-refractivity contribution in [3.8, 4) is 6.07 Å². The van der Waals surface area contributed by atoms with Crippen molar-refractivity contribution in [2.45, 2.75) is 13.8 Å². The highest BCUT2D eigenvalue weighted by atomic mass is 79.9. The van der Waals surface area contributed by atoms with Crippen molar-refractivity contribution in [2.24, 2.45) is 0 Å². The third-order valence-electron chi connectivity index (χ3n) is 3.40. The number of hydrogen-bond acceptors (Lipinski definition) is 3. The Morgan fingerprint density at radius 1 is 1.25 bits per heavy atom. The standard InChI is InChI=1S/C18H16BrN3O2/c1-12-7-8-17(15(19)9-12)22(13(2)23)11-18(24)21-16-6-4-3-5-14(16)10-20/h3-9H,11H2,1-2H3,(H,21,24). The molecule has 0 heterocycles. The van der Waals surface area contributed by atoms with E-state index in [0.29, 0.717) is 16.9 Å². The molecule has 0 spiro atoms. The van der Waals surface area contributed by atoms with Gasteiger partial charge in [-0.15, -0.1) is 0 Å². The minimum atomic E-state index is -0.375. The Morgan fingerprint density at radius 2 is 1.96 bits per heavy atom. The molecule has 0 fully saturated rings. The van der Waals surface area contributed by atoms with Gasteiger partial charge < -0.3 is 10.2 Å². The molecule has 2 rings (SSSR count). The molecule has 2 aromatic rings. The zero-order chi connectivity index (χ0) is 17.7. The van der Waals surface area contributed by atoms with Crippen molar-refractivity contribution in [2.75, 3.05) is 16.8 Å². The van der Waals surface area contributed by atoms with Gasteiger partial charge in [-0.3, -0.25) is 9.59 Å². The van der Waals surface area contributed by atoms with Crippen molar-refractivity contribution < 1.29 is 9.59 Å². The molecule has 1 N–H and O–H groups in total. The Balaban J connectivity index is 2.20. The third kappa shape index (κ3) is 4.21. The SMILES string of the molecule is CC(=O)N(CC(=O)Nc1ccccc1C#N)c1ccc(C)cc1Br. The molecule has 24 heavy (non-hydrogen) atoms. The average molecular weight is 386 g/mol. The van der Waals surface area contributed by atoms with Crippen molar-refractivity contribution in [1.82, 2.24) is 0 Å². The third-order valence-corrected chi connectivity index (χ3v) is 4.03. The zero-order valence-electron chi connectivity index (χ0n) is 13.3. The van der Waals surface area contributed by atoms with Gasteiger partial charge in [-0.1, -0.05) is 18.2 Å². The number of halogens is 1. The molecule has 0 aromatic heterocycles. The van der Waals surface area contributed by atoms with E-state index < -0.39 is 0 Å². The summed E-state index contributed by atoms with van der Waals surface area (Å²) in [5, 5.41) is 11.7. The van der Waals surface area contributed by atoms with Crippen molar-refractivity contribution in [3.63, 3.8) is 0 Å². The van der Waals surface area contributed by atoms with Crippen molar-refractivity contribution in [1.29, 1.82) is 5.26 Å². The summed E-state index contributed by atoms with van der Waals surface area (Å²) in [6.07, 6.45) is 0. The van der Waals surface area contributed by atoms with Gasteiger partial charge >= 0.3 is 0 Å². The Labute approximate surface area is 149 Å². The molecule has 122 valence electrons. The minimum Gasteiger partial charge on any atom is -0.323 e. The first-order valence-corrected chi connectivity index (χ1v) is 8.05. The van der Waals surface area contributed by atoms with Gasteiger partial charge in [-0.2, -0.15) is 5.26 Å². The number of benzene rings is 2. The average Bonchev–Trinajstić information content (AvgIpc) is 2.53. The molecule has 5 nitrogen and oxygen atoms in total. The Hall–Kier alpha value is -2.65. The van der Waals surface area contributed by atoms with Crippen molar-refractivity contribution in [3.05, 3.63) is 58.1 Å². The fraction of sp³-hybridized carbons (Fsp3) is 0.167. The number of nitrogens with zero attached hydrogens (tertiary/aromatic N) is 2. The second-order valence-corrected chi connectivity index (χ2v) is 6.12. The van der Waals surface area contributed by atoms with Crippen LogP contribution >= 0.6 is 15.9 Å². The van der Waals surface area contributed by atoms with E-state index in [4.69, 9.17) is 5.26 Å². The summed E-state index contributed by atoms with van der Waals surface area (Å²) < 4.78 is 0.739. The van der Waals surface area contributed by atoms with Gasteiger partial charge in [-0.25, -0.2) is 0 Å². The van der Waals surface area contributed by atoms with Crippen LogP contribution in [0.4, 0.5) is 11.4 Å². The van der Waals surface area contributed by atoms with Crippen LogP contribution in [0.15, 0.2) is 46.9 Å². The lowest BCUT2D eigenvalue weighted by Gasteiger charge is -2.22. The highest BCUT2D eigenvalue weighted by Crippen LogP contribution is 2.27. The predicted octanol–water partition coefficient (Wildman–Crippen LogP) is 3.62. The number of hydrogen-bond donors (Lipinski definition) is 1. The molecule has 0 aliphatic heterocycles. The fourth-order valence-corrected chi connectivity index (χ4v) is 2.93. The Morgan fingerprint density at radius 3 is 2.58 bits per heavy atom. The molecular formula is C18H16BrN3O2. The van der Waals surface area contributed by atoms with E-state index in [0.717, 1.165) is 10.0 Å². The molecule has 2 amide bonds. The number of aryl methyl sites for hydroxylation is 1. The highest BCUT2D eigenvalue weighted by Gasteiger charge is 2.18. The maximum absolute atomic E-state index is 12.3. The molecule has 0 saturated heterocycles. The van der Waals surface area contributed by atoms with E-state index in [9.17, 15) is 9.59 Å². The smallest absolute Gasteiger partial charge is 0.244 e. The van der Waals surface area contributed by atoms with E-state index in [-0.39, 0.29) is 18.4 Å². The fourth-order valence-electron chi connectivity index (χ4n) is 2.22.